The zero-order valence-electron chi connectivity index (χ0n) is 11.9. The molecule has 3 N–H and O–H groups in total. The normalized spacial score (nSPS) is 12.6. The maximum Gasteiger partial charge on any atom is 0.110 e. The molecule has 2 aromatic rings. The van der Waals surface area contributed by atoms with Crippen molar-refractivity contribution in [2.45, 2.75) is 39.3 Å². The Hall–Kier alpha value is -0.920. The lowest BCUT2D eigenvalue weighted by atomic mass is 10.0. The summed E-state index contributed by atoms with van der Waals surface area (Å²) >= 11 is 2.39. The molecule has 1 aromatic heterocycles. The van der Waals surface area contributed by atoms with Crippen LogP contribution < -0.4 is 11.3 Å². The second-order valence-corrected chi connectivity index (χ2v) is 6.02. The summed E-state index contributed by atoms with van der Waals surface area (Å²) in [5.74, 6) is 6.85. The first-order valence-electron chi connectivity index (χ1n) is 6.88. The van der Waals surface area contributed by atoms with Gasteiger partial charge in [-0.3, -0.25) is 11.3 Å². The van der Waals surface area contributed by atoms with Gasteiger partial charge in [0.2, 0.25) is 0 Å². The first-order chi connectivity index (χ1) is 9.67. The van der Waals surface area contributed by atoms with E-state index in [9.17, 15) is 0 Å². The molecule has 0 aliphatic heterocycles. The average Bonchev–Trinajstić information content (AvgIpc) is 2.87. The monoisotopic (exact) mass is 384 g/mol. The Balaban J connectivity index is 2.24. The molecule has 0 bridgehead atoms. The molecule has 1 heterocycles. The number of rotatable bonds is 6. The van der Waals surface area contributed by atoms with Crippen LogP contribution in [0, 0.1) is 10.5 Å². The Kier molecular flexibility index (Phi) is 5.56. The molecule has 0 amide bonds. The lowest BCUT2D eigenvalue weighted by molar-refractivity contribution is 0.515. The molecule has 0 saturated carbocycles. The first kappa shape index (κ1) is 15.5. The van der Waals surface area contributed by atoms with Crippen LogP contribution in [-0.4, -0.2) is 9.55 Å². The van der Waals surface area contributed by atoms with E-state index in [0.29, 0.717) is 0 Å². The van der Waals surface area contributed by atoms with Gasteiger partial charge < -0.3 is 4.57 Å². The number of imidazole rings is 1. The average molecular weight is 384 g/mol. The highest BCUT2D eigenvalue weighted by Gasteiger charge is 2.17. The number of aromatic nitrogens is 2. The third-order valence-electron chi connectivity index (χ3n) is 3.45. The van der Waals surface area contributed by atoms with E-state index in [1.54, 1.807) is 0 Å². The molecular formula is C15H21IN4. The minimum atomic E-state index is 0.0832. The Bertz CT molecular complexity index is 565. The molecular weight excluding hydrogens is 363 g/mol. The Labute approximate surface area is 133 Å². The highest BCUT2D eigenvalue weighted by atomic mass is 127. The van der Waals surface area contributed by atoms with Crippen molar-refractivity contribution in [2.75, 3.05) is 0 Å². The molecule has 0 saturated heterocycles. The van der Waals surface area contributed by atoms with Crippen molar-refractivity contribution in [3.05, 3.63) is 51.1 Å². The number of hydrazine groups is 1. The van der Waals surface area contributed by atoms with Crippen molar-refractivity contribution in [2.24, 2.45) is 5.84 Å². The van der Waals surface area contributed by atoms with E-state index in [1.165, 1.54) is 14.7 Å². The molecule has 20 heavy (non-hydrogen) atoms. The molecule has 1 atom stereocenters. The fraction of sp³-hybridized carbons (Fsp3) is 0.400. The van der Waals surface area contributed by atoms with Crippen molar-refractivity contribution in [1.29, 1.82) is 0 Å². The molecule has 4 nitrogen and oxygen atoms in total. The standard InChI is InChI=1S/C15H21IN4/c1-3-8-20-9-7-18-14(20)10-13(19-17)12-6-4-5-11(2)15(12)16/h4-7,9,13,19H,3,8,10,17H2,1-2H3. The Morgan fingerprint density at radius 1 is 1.45 bits per heavy atom. The predicted molar refractivity (Wildman–Crippen MR) is 90.2 cm³/mol. The summed E-state index contributed by atoms with van der Waals surface area (Å²) in [6.45, 7) is 5.29. The number of nitrogens with zero attached hydrogens (tertiary/aromatic N) is 2. The predicted octanol–water partition coefficient (Wildman–Crippen LogP) is 2.95. The quantitative estimate of drug-likeness (QED) is 0.458. The molecule has 0 radical (unpaired) electrons. The summed E-state index contributed by atoms with van der Waals surface area (Å²) < 4.78 is 3.47. The minimum Gasteiger partial charge on any atom is -0.335 e. The lowest BCUT2D eigenvalue weighted by Crippen LogP contribution is -2.31. The van der Waals surface area contributed by atoms with Gasteiger partial charge in [0.1, 0.15) is 5.82 Å². The van der Waals surface area contributed by atoms with Gasteiger partial charge in [0.05, 0.1) is 6.04 Å². The summed E-state index contributed by atoms with van der Waals surface area (Å²) in [5, 5.41) is 0. The molecule has 0 fully saturated rings. The molecule has 1 unspecified atom stereocenters. The van der Waals surface area contributed by atoms with Gasteiger partial charge in [-0.15, -0.1) is 0 Å². The fourth-order valence-corrected chi connectivity index (χ4v) is 3.09. The van der Waals surface area contributed by atoms with Crippen LogP contribution in [0.2, 0.25) is 0 Å². The topological polar surface area (TPSA) is 55.9 Å². The Morgan fingerprint density at radius 2 is 2.25 bits per heavy atom. The second-order valence-electron chi connectivity index (χ2n) is 4.94. The third kappa shape index (κ3) is 3.39. The van der Waals surface area contributed by atoms with Gasteiger partial charge in [-0.1, -0.05) is 25.1 Å². The maximum absolute atomic E-state index is 5.77. The molecule has 108 valence electrons. The first-order valence-corrected chi connectivity index (χ1v) is 7.96. The van der Waals surface area contributed by atoms with Crippen molar-refractivity contribution in [3.63, 3.8) is 0 Å². The van der Waals surface area contributed by atoms with Gasteiger partial charge >= 0.3 is 0 Å². The maximum atomic E-state index is 5.77. The van der Waals surface area contributed by atoms with E-state index in [4.69, 9.17) is 5.84 Å². The summed E-state index contributed by atoms with van der Waals surface area (Å²) in [4.78, 5) is 4.47. The lowest BCUT2D eigenvalue weighted by Gasteiger charge is -2.19. The van der Waals surface area contributed by atoms with Gasteiger partial charge in [0, 0.05) is 28.9 Å². The van der Waals surface area contributed by atoms with Gasteiger partial charge in [-0.2, -0.15) is 0 Å². The highest BCUT2D eigenvalue weighted by molar-refractivity contribution is 14.1. The fourth-order valence-electron chi connectivity index (χ4n) is 2.35. The van der Waals surface area contributed by atoms with Crippen molar-refractivity contribution >= 4 is 22.6 Å². The number of nitrogens with two attached hydrogens (primary N) is 1. The van der Waals surface area contributed by atoms with Crippen LogP contribution in [0.15, 0.2) is 30.6 Å². The highest BCUT2D eigenvalue weighted by Crippen LogP contribution is 2.25. The van der Waals surface area contributed by atoms with Crippen LogP contribution in [0.1, 0.15) is 36.3 Å². The number of benzene rings is 1. The van der Waals surface area contributed by atoms with E-state index < -0.39 is 0 Å². The number of aryl methyl sites for hydroxylation is 2. The van der Waals surface area contributed by atoms with Crippen LogP contribution in [0.5, 0.6) is 0 Å². The number of hydrogen-bond acceptors (Lipinski definition) is 3. The third-order valence-corrected chi connectivity index (χ3v) is 4.92. The van der Waals surface area contributed by atoms with Gasteiger partial charge in [0.15, 0.2) is 0 Å². The van der Waals surface area contributed by atoms with Crippen molar-refractivity contribution < 1.29 is 0 Å². The molecule has 0 aliphatic rings. The van der Waals surface area contributed by atoms with E-state index >= 15 is 0 Å². The minimum absolute atomic E-state index is 0.0832. The molecule has 5 heteroatoms. The molecule has 0 spiro atoms. The summed E-state index contributed by atoms with van der Waals surface area (Å²) in [6, 6.07) is 6.42. The van der Waals surface area contributed by atoms with Crippen molar-refractivity contribution in [3.8, 4) is 0 Å². The molecule has 2 rings (SSSR count). The van der Waals surface area contributed by atoms with Crippen LogP contribution in [0.25, 0.3) is 0 Å². The number of nitrogens with one attached hydrogen (secondary N) is 1. The van der Waals surface area contributed by atoms with Gasteiger partial charge in [0.25, 0.3) is 0 Å². The summed E-state index contributed by atoms with van der Waals surface area (Å²) in [7, 11) is 0. The van der Waals surface area contributed by atoms with Gasteiger partial charge in [-0.25, -0.2) is 4.98 Å². The second kappa shape index (κ2) is 7.19. The van der Waals surface area contributed by atoms with Crippen LogP contribution >= 0.6 is 22.6 Å². The largest absolute Gasteiger partial charge is 0.335 e. The van der Waals surface area contributed by atoms with Crippen LogP contribution in [0.3, 0.4) is 0 Å². The Morgan fingerprint density at radius 3 is 2.95 bits per heavy atom. The SMILES string of the molecule is CCCn1ccnc1CC(NN)c1cccc(C)c1I. The van der Waals surface area contributed by atoms with E-state index in [1.807, 2.05) is 12.4 Å². The van der Waals surface area contributed by atoms with Gasteiger partial charge in [-0.05, 0) is 47.1 Å². The zero-order chi connectivity index (χ0) is 14.5. The van der Waals surface area contributed by atoms with E-state index in [2.05, 4.69) is 69.6 Å². The van der Waals surface area contributed by atoms with Crippen LogP contribution in [-0.2, 0) is 13.0 Å². The smallest absolute Gasteiger partial charge is 0.110 e. The number of hydrogen-bond donors (Lipinski definition) is 2. The van der Waals surface area contributed by atoms with E-state index in [-0.39, 0.29) is 6.04 Å². The summed E-state index contributed by atoms with van der Waals surface area (Å²) in [5.41, 5.74) is 5.45. The van der Waals surface area contributed by atoms with Crippen LogP contribution in [0.4, 0.5) is 0 Å². The molecule has 1 aromatic carbocycles. The van der Waals surface area contributed by atoms with E-state index in [0.717, 1.165) is 25.2 Å². The summed E-state index contributed by atoms with van der Waals surface area (Å²) in [6.07, 6.45) is 5.79. The number of halogens is 1. The molecule has 0 aliphatic carbocycles. The zero-order valence-corrected chi connectivity index (χ0v) is 14.1. The van der Waals surface area contributed by atoms with Crippen molar-refractivity contribution in [1.82, 2.24) is 15.0 Å².